The smallest absolute Gasteiger partial charge is 0.258 e. The van der Waals surface area contributed by atoms with E-state index in [1.165, 1.54) is 6.07 Å². The highest BCUT2D eigenvalue weighted by atomic mass is 16.6. The third-order valence-corrected chi connectivity index (χ3v) is 1.23. The summed E-state index contributed by atoms with van der Waals surface area (Å²) >= 11 is 0. The summed E-state index contributed by atoms with van der Waals surface area (Å²) < 4.78 is 0. The molecule has 0 N–H and O–H groups in total. The predicted molar refractivity (Wildman–Crippen MR) is 41.1 cm³/mol. The van der Waals surface area contributed by atoms with E-state index in [1.54, 1.807) is 6.92 Å². The third kappa shape index (κ3) is 1.60. The Labute approximate surface area is 67.4 Å². The molecule has 1 aromatic heterocycles. The average molecular weight is 167 g/mol. The molecule has 0 aromatic carbocycles. The van der Waals surface area contributed by atoms with E-state index in [1.807, 2.05) is 0 Å². The first kappa shape index (κ1) is 8.25. The second kappa shape index (κ2) is 3.04. The van der Waals surface area contributed by atoms with Crippen LogP contribution in [0.25, 0.3) is 0 Å². The van der Waals surface area contributed by atoms with Crippen LogP contribution in [0.15, 0.2) is 17.3 Å². The molecule has 62 valence electrons. The first-order valence-corrected chi connectivity index (χ1v) is 3.10. The Kier molecular flexibility index (Phi) is 2.09. The topological polar surface area (TPSA) is 85.5 Å². The van der Waals surface area contributed by atoms with Crippen LogP contribution in [-0.2, 0) is 0 Å². The minimum absolute atomic E-state index is 0.165. The minimum atomic E-state index is -0.594. The molecule has 6 nitrogen and oxygen atoms in total. The van der Waals surface area contributed by atoms with E-state index in [0.717, 1.165) is 6.07 Å². The Morgan fingerprint density at radius 3 is 2.75 bits per heavy atom. The van der Waals surface area contributed by atoms with Gasteiger partial charge in [-0.1, -0.05) is 0 Å². The van der Waals surface area contributed by atoms with Crippen LogP contribution < -0.4 is 0 Å². The zero-order valence-electron chi connectivity index (χ0n) is 6.22. The van der Waals surface area contributed by atoms with Crippen molar-refractivity contribution in [2.75, 3.05) is 0 Å². The van der Waals surface area contributed by atoms with Gasteiger partial charge in [0.2, 0.25) is 5.82 Å². The van der Waals surface area contributed by atoms with E-state index >= 15 is 0 Å². The maximum Gasteiger partial charge on any atom is 0.275 e. The largest absolute Gasteiger partial charge is 0.275 e. The summed E-state index contributed by atoms with van der Waals surface area (Å²) in [7, 11) is 0. The monoisotopic (exact) mass is 167 g/mol. The van der Waals surface area contributed by atoms with Crippen molar-refractivity contribution >= 4 is 11.5 Å². The molecule has 0 fully saturated rings. The quantitative estimate of drug-likeness (QED) is 0.381. The molecule has 0 aliphatic carbocycles. The fourth-order valence-corrected chi connectivity index (χ4v) is 0.785. The highest BCUT2D eigenvalue weighted by molar-refractivity contribution is 5.42. The summed E-state index contributed by atoms with van der Waals surface area (Å²) in [4.78, 5) is 23.3. The number of pyridine rings is 1. The zero-order chi connectivity index (χ0) is 9.14. The SMILES string of the molecule is Cc1cc([N+](=O)[O-])cc(N=O)n1. The van der Waals surface area contributed by atoms with Gasteiger partial charge in [0.25, 0.3) is 5.69 Å². The summed E-state index contributed by atoms with van der Waals surface area (Å²) in [6.45, 7) is 1.56. The molecule has 0 radical (unpaired) electrons. The average Bonchev–Trinajstić information content (AvgIpc) is 2.03. The van der Waals surface area contributed by atoms with Gasteiger partial charge in [-0.2, -0.15) is 0 Å². The maximum absolute atomic E-state index is 10.3. The minimum Gasteiger partial charge on any atom is -0.258 e. The second-order valence-corrected chi connectivity index (χ2v) is 2.17. The van der Waals surface area contributed by atoms with E-state index in [9.17, 15) is 15.0 Å². The van der Waals surface area contributed by atoms with E-state index < -0.39 is 4.92 Å². The molecule has 6 heteroatoms. The molecule has 1 heterocycles. The maximum atomic E-state index is 10.3. The molecular weight excluding hydrogens is 162 g/mol. The Balaban J connectivity index is 3.23. The van der Waals surface area contributed by atoms with E-state index in [-0.39, 0.29) is 11.5 Å². The van der Waals surface area contributed by atoms with E-state index in [4.69, 9.17) is 0 Å². The van der Waals surface area contributed by atoms with Crippen molar-refractivity contribution in [1.29, 1.82) is 0 Å². The lowest BCUT2D eigenvalue weighted by Gasteiger charge is -1.93. The highest BCUT2D eigenvalue weighted by Gasteiger charge is 2.08. The number of aryl methyl sites for hydroxylation is 1. The number of rotatable bonds is 2. The Bertz CT molecular complexity index is 337. The summed E-state index contributed by atoms with van der Waals surface area (Å²) in [5.74, 6) is -0.165. The predicted octanol–water partition coefficient (Wildman–Crippen LogP) is 1.70. The van der Waals surface area contributed by atoms with Gasteiger partial charge < -0.3 is 0 Å². The zero-order valence-corrected chi connectivity index (χ0v) is 6.22. The lowest BCUT2D eigenvalue weighted by Crippen LogP contribution is -1.90. The van der Waals surface area contributed by atoms with Crippen molar-refractivity contribution in [1.82, 2.24) is 4.98 Å². The van der Waals surface area contributed by atoms with Crippen LogP contribution >= 0.6 is 0 Å². The Hall–Kier alpha value is -1.85. The van der Waals surface area contributed by atoms with Crippen LogP contribution in [0.3, 0.4) is 0 Å². The molecular formula is C6H5N3O3. The van der Waals surface area contributed by atoms with Gasteiger partial charge in [-0.15, -0.1) is 4.91 Å². The number of nitrogens with zero attached hydrogens (tertiary/aromatic N) is 3. The van der Waals surface area contributed by atoms with Crippen LogP contribution in [0.2, 0.25) is 0 Å². The number of aromatic nitrogens is 1. The van der Waals surface area contributed by atoms with E-state index in [2.05, 4.69) is 10.2 Å². The fourth-order valence-electron chi connectivity index (χ4n) is 0.785. The first-order chi connectivity index (χ1) is 5.63. The Morgan fingerprint density at radius 1 is 1.58 bits per heavy atom. The van der Waals surface area contributed by atoms with Gasteiger partial charge in [0.15, 0.2) is 0 Å². The summed E-state index contributed by atoms with van der Waals surface area (Å²) in [6.07, 6.45) is 0. The van der Waals surface area contributed by atoms with Gasteiger partial charge in [0.1, 0.15) is 0 Å². The summed E-state index contributed by atoms with van der Waals surface area (Å²) in [5.41, 5.74) is 0.232. The van der Waals surface area contributed by atoms with Gasteiger partial charge in [0, 0.05) is 11.8 Å². The number of hydrogen-bond donors (Lipinski definition) is 0. The molecule has 0 atom stereocenters. The molecule has 12 heavy (non-hydrogen) atoms. The summed E-state index contributed by atoms with van der Waals surface area (Å²) in [5, 5.41) is 12.8. The van der Waals surface area contributed by atoms with Gasteiger partial charge in [0.05, 0.1) is 11.0 Å². The van der Waals surface area contributed by atoms with E-state index in [0.29, 0.717) is 5.69 Å². The van der Waals surface area contributed by atoms with Crippen LogP contribution in [0, 0.1) is 21.9 Å². The van der Waals surface area contributed by atoms with Crippen LogP contribution in [0.5, 0.6) is 0 Å². The standard InChI is InChI=1S/C6H5N3O3/c1-4-2-5(9(11)12)3-6(7-4)8-10/h2-3H,1H3. The number of nitro groups is 1. The van der Waals surface area contributed by atoms with Crippen molar-refractivity contribution < 1.29 is 4.92 Å². The molecule has 0 aliphatic rings. The molecule has 0 bridgehead atoms. The second-order valence-electron chi connectivity index (χ2n) is 2.17. The van der Waals surface area contributed by atoms with Crippen molar-refractivity contribution in [2.24, 2.45) is 5.18 Å². The fraction of sp³-hybridized carbons (Fsp3) is 0.167. The van der Waals surface area contributed by atoms with Crippen LogP contribution in [-0.4, -0.2) is 9.91 Å². The van der Waals surface area contributed by atoms with Crippen molar-refractivity contribution in [3.8, 4) is 0 Å². The number of hydrogen-bond acceptors (Lipinski definition) is 5. The highest BCUT2D eigenvalue weighted by Crippen LogP contribution is 2.18. The van der Waals surface area contributed by atoms with Crippen molar-refractivity contribution in [3.63, 3.8) is 0 Å². The number of nitroso groups, excluding NO2 is 1. The molecule has 1 aromatic rings. The molecule has 1 rings (SSSR count). The van der Waals surface area contributed by atoms with Crippen molar-refractivity contribution in [3.05, 3.63) is 32.8 Å². The first-order valence-electron chi connectivity index (χ1n) is 3.10. The van der Waals surface area contributed by atoms with Gasteiger partial charge in [-0.3, -0.25) is 10.1 Å². The molecule has 0 amide bonds. The van der Waals surface area contributed by atoms with Crippen LogP contribution in [0.4, 0.5) is 11.5 Å². The normalized spacial score (nSPS) is 9.42. The summed E-state index contributed by atoms with van der Waals surface area (Å²) in [6, 6.07) is 2.30. The lowest BCUT2D eigenvalue weighted by molar-refractivity contribution is -0.384. The van der Waals surface area contributed by atoms with Gasteiger partial charge >= 0.3 is 0 Å². The lowest BCUT2D eigenvalue weighted by atomic mass is 10.3. The Morgan fingerprint density at radius 2 is 2.25 bits per heavy atom. The van der Waals surface area contributed by atoms with Gasteiger partial charge in [-0.25, -0.2) is 4.98 Å². The molecule has 0 spiro atoms. The van der Waals surface area contributed by atoms with Crippen molar-refractivity contribution in [2.45, 2.75) is 6.92 Å². The van der Waals surface area contributed by atoms with Gasteiger partial charge in [-0.05, 0) is 12.1 Å². The molecule has 0 aliphatic heterocycles. The molecule has 0 saturated heterocycles. The van der Waals surface area contributed by atoms with Crippen LogP contribution in [0.1, 0.15) is 5.69 Å². The molecule has 0 unspecified atom stereocenters. The third-order valence-electron chi connectivity index (χ3n) is 1.23. The molecule has 0 saturated carbocycles.